The molecule has 0 N–H and O–H groups in total. The third-order valence-corrected chi connectivity index (χ3v) is 7.56. The fourth-order valence-electron chi connectivity index (χ4n) is 2.49. The maximum atomic E-state index is 6.11. The Bertz CT molecular complexity index is 203. The minimum absolute atomic E-state index is 0.736. The predicted octanol–water partition coefficient (Wildman–Crippen LogP) is 5.37. The largest absolute Gasteiger partial charge is 0.417 e. The molecule has 104 valence electrons. The molecule has 1 nitrogen and oxygen atoms in total. The monoisotopic (exact) mass is 274 g/mol. The van der Waals surface area contributed by atoms with Gasteiger partial charge in [-0.2, -0.15) is 0 Å². The zero-order chi connectivity index (χ0) is 13.7. The molecule has 0 saturated carbocycles. The van der Waals surface area contributed by atoms with Crippen molar-refractivity contribution in [3.63, 3.8) is 0 Å². The summed E-state index contributed by atoms with van der Waals surface area (Å²) in [6.07, 6.45) is 4.11. The van der Waals surface area contributed by atoms with Crippen LogP contribution in [0.15, 0.2) is 0 Å². The minimum atomic E-state index is -1.34. The zero-order valence-electron chi connectivity index (χ0n) is 13.4. The van der Waals surface area contributed by atoms with Gasteiger partial charge in [-0.05, 0) is 31.1 Å². The molecule has 0 radical (unpaired) electrons. The van der Waals surface area contributed by atoms with Crippen molar-refractivity contribution in [2.75, 3.05) is 6.61 Å². The van der Waals surface area contributed by atoms with Crippen molar-refractivity contribution in [2.24, 2.45) is 5.92 Å². The highest BCUT2D eigenvalue weighted by molar-refractivity contribution is 6.77. The lowest BCUT2D eigenvalue weighted by Crippen LogP contribution is -2.36. The topological polar surface area (TPSA) is 9.23 Å². The van der Waals surface area contributed by atoms with Crippen LogP contribution in [0.25, 0.3) is 0 Å². The van der Waals surface area contributed by atoms with Gasteiger partial charge in [-0.15, -0.1) is 0 Å². The third kappa shape index (κ3) is 8.17. The summed E-state index contributed by atoms with van der Waals surface area (Å²) in [5.74, 6) is 0.736. The van der Waals surface area contributed by atoms with Crippen LogP contribution in [-0.2, 0) is 4.43 Å². The second-order valence-corrected chi connectivity index (χ2v) is 17.5. The van der Waals surface area contributed by atoms with Gasteiger partial charge in [-0.25, -0.2) is 0 Å². The molecule has 0 amide bonds. The molecule has 0 saturated heterocycles. The van der Waals surface area contributed by atoms with Gasteiger partial charge in [0.05, 0.1) is 0 Å². The highest BCUT2D eigenvalue weighted by Gasteiger charge is 2.31. The van der Waals surface area contributed by atoms with Crippen molar-refractivity contribution in [2.45, 2.75) is 77.9 Å². The van der Waals surface area contributed by atoms with Gasteiger partial charge in [0.25, 0.3) is 0 Å². The van der Waals surface area contributed by atoms with Crippen molar-refractivity contribution in [3.8, 4) is 0 Å². The third-order valence-electron chi connectivity index (χ3n) is 3.45. The predicted molar refractivity (Wildman–Crippen MR) is 85.1 cm³/mol. The zero-order valence-corrected chi connectivity index (χ0v) is 15.4. The fourth-order valence-corrected chi connectivity index (χ4v) is 6.13. The second kappa shape index (κ2) is 7.10. The molecule has 0 aliphatic carbocycles. The van der Waals surface area contributed by atoms with Gasteiger partial charge in [0.2, 0.25) is 0 Å². The summed E-state index contributed by atoms with van der Waals surface area (Å²) < 4.78 is 6.11. The quantitative estimate of drug-likeness (QED) is 0.540. The number of rotatable bonds is 8. The maximum Gasteiger partial charge on any atom is 0.183 e. The molecule has 0 fully saturated rings. The lowest BCUT2D eigenvalue weighted by molar-refractivity contribution is 0.240. The number of unbranched alkanes of at least 4 members (excludes halogenated alkanes) is 1. The van der Waals surface area contributed by atoms with Crippen molar-refractivity contribution >= 4 is 16.4 Å². The van der Waals surface area contributed by atoms with Crippen LogP contribution in [0, 0.1) is 5.92 Å². The van der Waals surface area contributed by atoms with Crippen LogP contribution in [0.5, 0.6) is 0 Å². The Labute approximate surface area is 111 Å². The van der Waals surface area contributed by atoms with Crippen LogP contribution in [0.3, 0.4) is 0 Å². The molecule has 3 heteroatoms. The van der Waals surface area contributed by atoms with Crippen LogP contribution < -0.4 is 0 Å². The van der Waals surface area contributed by atoms with E-state index < -0.39 is 16.4 Å². The molecule has 0 bridgehead atoms. The van der Waals surface area contributed by atoms with Crippen LogP contribution in [0.2, 0.25) is 44.8 Å². The Morgan fingerprint density at radius 1 is 1.00 bits per heavy atom. The molecule has 0 aliphatic heterocycles. The van der Waals surface area contributed by atoms with Gasteiger partial charge in [0.15, 0.2) is 8.32 Å². The van der Waals surface area contributed by atoms with E-state index in [-0.39, 0.29) is 0 Å². The molecule has 17 heavy (non-hydrogen) atoms. The molecule has 2 atom stereocenters. The van der Waals surface area contributed by atoms with Crippen molar-refractivity contribution in [3.05, 3.63) is 0 Å². The first kappa shape index (κ1) is 17.4. The average Bonchev–Trinajstić information content (AvgIpc) is 2.12. The molecule has 0 aromatic heterocycles. The van der Waals surface area contributed by atoms with Crippen molar-refractivity contribution < 1.29 is 4.43 Å². The normalized spacial score (nSPS) is 16.9. The second-order valence-electron chi connectivity index (χ2n) is 7.52. The first-order valence-electron chi connectivity index (χ1n) is 7.22. The smallest absolute Gasteiger partial charge is 0.183 e. The first-order chi connectivity index (χ1) is 7.58. The fraction of sp³-hybridized carbons (Fsp3) is 1.00. The lowest BCUT2D eigenvalue weighted by atomic mass is 10.0. The van der Waals surface area contributed by atoms with Crippen LogP contribution >= 0.6 is 0 Å². The molecule has 0 spiro atoms. The summed E-state index contributed by atoms with van der Waals surface area (Å²) in [5.41, 5.74) is 0.916. The summed E-state index contributed by atoms with van der Waals surface area (Å²) in [4.78, 5) is 0. The molecular formula is C14H34OSi2. The van der Waals surface area contributed by atoms with E-state index in [2.05, 4.69) is 53.1 Å². The summed E-state index contributed by atoms with van der Waals surface area (Å²) in [5, 5.41) is 0. The summed E-state index contributed by atoms with van der Waals surface area (Å²) >= 11 is 0. The Morgan fingerprint density at radius 2 is 1.53 bits per heavy atom. The van der Waals surface area contributed by atoms with Crippen molar-refractivity contribution in [1.82, 2.24) is 0 Å². The van der Waals surface area contributed by atoms with Gasteiger partial charge in [-0.3, -0.25) is 0 Å². The highest BCUT2D eigenvalue weighted by Crippen LogP contribution is 2.35. The lowest BCUT2D eigenvalue weighted by Gasteiger charge is -2.35. The minimum Gasteiger partial charge on any atom is -0.417 e. The SMILES string of the molecule is CCCCC(C(C)CO[Si](C)(C)C)[Si](C)(C)C. The Kier molecular flexibility index (Phi) is 7.26. The van der Waals surface area contributed by atoms with Gasteiger partial charge in [0.1, 0.15) is 0 Å². The van der Waals surface area contributed by atoms with Crippen LogP contribution in [0.1, 0.15) is 33.1 Å². The van der Waals surface area contributed by atoms with E-state index in [0.717, 1.165) is 18.1 Å². The van der Waals surface area contributed by atoms with Gasteiger partial charge >= 0.3 is 0 Å². The Hall–Kier alpha value is 0.394. The molecule has 0 heterocycles. The molecule has 0 aromatic carbocycles. The maximum absolute atomic E-state index is 6.11. The standard InChI is InChI=1S/C14H34OSi2/c1-9-10-11-14(16(3,4)5)13(2)12-15-17(6,7)8/h13-14H,9-12H2,1-8H3. The van der Waals surface area contributed by atoms with Gasteiger partial charge in [0, 0.05) is 14.7 Å². The van der Waals surface area contributed by atoms with E-state index in [1.165, 1.54) is 19.3 Å². The molecule has 0 aromatic rings. The molecule has 2 unspecified atom stereocenters. The van der Waals surface area contributed by atoms with Gasteiger partial charge in [-0.1, -0.05) is 52.8 Å². The van der Waals surface area contributed by atoms with E-state index in [1.807, 2.05) is 0 Å². The molecular weight excluding hydrogens is 240 g/mol. The first-order valence-corrected chi connectivity index (χ1v) is 14.2. The Balaban J connectivity index is 4.38. The molecule has 0 aliphatic rings. The summed E-state index contributed by atoms with van der Waals surface area (Å²) in [7, 11) is -2.39. The van der Waals surface area contributed by atoms with Crippen LogP contribution in [0.4, 0.5) is 0 Å². The Morgan fingerprint density at radius 3 is 1.88 bits per heavy atom. The van der Waals surface area contributed by atoms with Crippen molar-refractivity contribution in [1.29, 1.82) is 0 Å². The number of hydrogen-bond acceptors (Lipinski definition) is 1. The molecule has 0 rings (SSSR count). The van der Waals surface area contributed by atoms with E-state index in [9.17, 15) is 0 Å². The van der Waals surface area contributed by atoms with Gasteiger partial charge < -0.3 is 4.43 Å². The van der Waals surface area contributed by atoms with E-state index in [1.54, 1.807) is 0 Å². The highest BCUT2D eigenvalue weighted by atomic mass is 28.4. The average molecular weight is 275 g/mol. The number of hydrogen-bond donors (Lipinski definition) is 0. The van der Waals surface area contributed by atoms with Crippen LogP contribution in [-0.4, -0.2) is 23.0 Å². The van der Waals surface area contributed by atoms with E-state index >= 15 is 0 Å². The van der Waals surface area contributed by atoms with E-state index in [4.69, 9.17) is 4.43 Å². The summed E-state index contributed by atoms with van der Waals surface area (Å²) in [6, 6.07) is 0. The van der Waals surface area contributed by atoms with E-state index in [0.29, 0.717) is 0 Å². The summed E-state index contributed by atoms with van der Waals surface area (Å²) in [6.45, 7) is 20.1.